The van der Waals surface area contributed by atoms with Crippen molar-refractivity contribution in [2.24, 2.45) is 0 Å². The number of nitrogens with one attached hydrogen (secondary N) is 1. The minimum absolute atomic E-state index is 0. The zero-order valence-electron chi connectivity index (χ0n) is 18.8. The van der Waals surface area contributed by atoms with E-state index in [1.807, 2.05) is 6.07 Å². The zero-order valence-corrected chi connectivity index (χ0v) is 20.4. The molecule has 2 heterocycles. The predicted molar refractivity (Wildman–Crippen MR) is 134 cm³/mol. The molecule has 0 radical (unpaired) electrons. The van der Waals surface area contributed by atoms with Crippen LogP contribution in [0.3, 0.4) is 0 Å². The number of carbonyl (C=O) groups is 2. The number of hydrogen-bond acceptors (Lipinski definition) is 9. The second-order valence-electron chi connectivity index (χ2n) is 7.58. The molecule has 11 nitrogen and oxygen atoms in total. The number of esters is 1. The number of thiocarbonyl (C=S) groups is 1. The molecule has 0 saturated carbocycles. The molecule has 1 fully saturated rings. The Kier molecular flexibility index (Phi) is 10.3. The van der Waals surface area contributed by atoms with Crippen LogP contribution in [0.1, 0.15) is 12.0 Å². The fourth-order valence-electron chi connectivity index (χ4n) is 3.41. The molecule has 1 unspecified atom stereocenters. The van der Waals surface area contributed by atoms with Gasteiger partial charge in [0.2, 0.25) is 0 Å². The molecular weight excluding hydrogens is 509 g/mol. The van der Waals surface area contributed by atoms with Crippen LogP contribution in [-0.4, -0.2) is 109 Å². The first-order valence-corrected chi connectivity index (χ1v) is 12.1. The van der Waals surface area contributed by atoms with Crippen molar-refractivity contribution in [1.82, 2.24) is 9.80 Å². The summed E-state index contributed by atoms with van der Waals surface area (Å²) in [5.74, 6) is -0.0378. The van der Waals surface area contributed by atoms with Gasteiger partial charge in [0, 0.05) is 20.2 Å². The molecule has 0 aliphatic carbocycles. The van der Waals surface area contributed by atoms with Gasteiger partial charge in [-0.3, -0.25) is 19.0 Å². The predicted octanol–water partition coefficient (Wildman–Crippen LogP) is 0.635. The molecule has 186 valence electrons. The van der Waals surface area contributed by atoms with Crippen molar-refractivity contribution in [3.05, 3.63) is 47.5 Å². The van der Waals surface area contributed by atoms with E-state index in [0.717, 1.165) is 5.56 Å². The van der Waals surface area contributed by atoms with E-state index >= 15 is 0 Å². The van der Waals surface area contributed by atoms with Crippen LogP contribution in [0.5, 0.6) is 5.75 Å². The van der Waals surface area contributed by atoms with Gasteiger partial charge in [-0.2, -0.15) is 8.42 Å². The normalized spacial score (nSPS) is 18.3. The number of fused-ring (bicyclic) bond motifs is 1. The van der Waals surface area contributed by atoms with Gasteiger partial charge >= 0.3 is 35.5 Å². The Balaban J connectivity index is 0.00000432. The van der Waals surface area contributed by atoms with Crippen molar-refractivity contribution in [2.45, 2.75) is 18.1 Å². The Bertz CT molecular complexity index is 1170. The number of amides is 1. The average molecular weight is 536 g/mol. The molecule has 35 heavy (non-hydrogen) atoms. The fraction of sp³-hybridized carbons (Fsp3) is 0.381. The topological polar surface area (TPSA) is 135 Å². The third-order valence-electron chi connectivity index (χ3n) is 5.29. The average Bonchev–Trinajstić information content (AvgIpc) is 3.28. The molecule has 1 aromatic rings. The summed E-state index contributed by atoms with van der Waals surface area (Å²) in [5, 5.41) is 2.23. The Labute approximate surface area is 231 Å². The van der Waals surface area contributed by atoms with E-state index in [0.29, 0.717) is 23.7 Å². The molecule has 3 rings (SSSR count). The Hall–Kier alpha value is -2.00. The van der Waals surface area contributed by atoms with Gasteiger partial charge in [-0.05, 0) is 48.8 Å². The van der Waals surface area contributed by atoms with Crippen LogP contribution in [0.4, 0.5) is 5.69 Å². The maximum absolute atomic E-state index is 12.5. The van der Waals surface area contributed by atoms with E-state index in [9.17, 15) is 22.6 Å². The van der Waals surface area contributed by atoms with Crippen molar-refractivity contribution in [2.75, 3.05) is 39.7 Å². The monoisotopic (exact) mass is 535 g/mol. The summed E-state index contributed by atoms with van der Waals surface area (Å²) in [6.07, 6.45) is 3.61. The summed E-state index contributed by atoms with van der Waals surface area (Å²) >= 11 is 5.24. The Morgan fingerprint density at radius 3 is 2.66 bits per heavy atom. The van der Waals surface area contributed by atoms with Crippen molar-refractivity contribution in [3.8, 4) is 5.75 Å². The first kappa shape index (κ1) is 29.2. The van der Waals surface area contributed by atoms with Crippen molar-refractivity contribution in [3.63, 3.8) is 0 Å². The fourth-order valence-corrected chi connectivity index (χ4v) is 4.38. The van der Waals surface area contributed by atoms with Crippen molar-refractivity contribution >= 4 is 74.6 Å². The molecule has 1 saturated heterocycles. The first-order chi connectivity index (χ1) is 16.0. The third kappa shape index (κ3) is 7.03. The third-order valence-corrected chi connectivity index (χ3v) is 7.00. The van der Waals surface area contributed by atoms with Gasteiger partial charge in [-0.25, -0.2) is 0 Å². The van der Waals surface area contributed by atoms with E-state index in [1.54, 1.807) is 18.2 Å². The van der Waals surface area contributed by atoms with Crippen LogP contribution in [0.2, 0.25) is 0 Å². The molecule has 1 atom stereocenters. The van der Waals surface area contributed by atoms with Gasteiger partial charge in [0.05, 0.1) is 19.4 Å². The summed E-state index contributed by atoms with van der Waals surface area (Å²) in [4.78, 5) is 26.9. The van der Waals surface area contributed by atoms with Crippen LogP contribution >= 0.6 is 12.2 Å². The van der Waals surface area contributed by atoms with E-state index in [-0.39, 0.29) is 65.8 Å². The van der Waals surface area contributed by atoms with Gasteiger partial charge in [-0.1, -0.05) is 6.07 Å². The molecule has 1 amide bonds. The molecule has 2 N–H and O–H groups in total. The van der Waals surface area contributed by atoms with Crippen LogP contribution in [0.15, 0.2) is 41.9 Å². The SMILES string of the molecule is COCC(CCc1ccc2c(c1)OC(=CC=C1C(=O)N(C)C(=S)N1CC(=O)OC)N2)S(=O)(=O)O.[NaH]. The molecule has 2 aliphatic heterocycles. The van der Waals surface area contributed by atoms with E-state index in [1.165, 1.54) is 37.1 Å². The van der Waals surface area contributed by atoms with Gasteiger partial charge in [0.1, 0.15) is 17.5 Å². The van der Waals surface area contributed by atoms with Crippen molar-refractivity contribution in [1.29, 1.82) is 0 Å². The summed E-state index contributed by atoms with van der Waals surface area (Å²) in [6.45, 7) is -0.306. The number of carbonyl (C=O) groups excluding carboxylic acids is 2. The second-order valence-corrected chi connectivity index (χ2v) is 9.64. The van der Waals surface area contributed by atoms with E-state index in [4.69, 9.17) is 21.7 Å². The summed E-state index contributed by atoms with van der Waals surface area (Å²) in [5.41, 5.74) is 1.70. The number of likely N-dealkylation sites (N-methyl/N-ethyl adjacent to an activating group) is 1. The summed E-state index contributed by atoms with van der Waals surface area (Å²) < 4.78 is 47.7. The standard InChI is InChI=1S/C21H25N3O8S2.Na.H/c1-23-20(26)16(24(21(23)33)11-19(25)31-3)8-9-18-22-15-7-5-13(10-17(15)32-18)4-6-14(12-30-2)34(27,28)29;;/h5,7-10,14,22H,4,6,11-12H2,1-3H3,(H,27,28,29);;. The molecule has 0 spiro atoms. The first-order valence-electron chi connectivity index (χ1n) is 10.2. The Morgan fingerprint density at radius 2 is 2.03 bits per heavy atom. The second kappa shape index (κ2) is 12.3. The molecule has 14 heteroatoms. The van der Waals surface area contributed by atoms with Crippen LogP contribution < -0.4 is 10.1 Å². The number of anilines is 1. The number of benzene rings is 1. The summed E-state index contributed by atoms with van der Waals surface area (Å²) in [7, 11) is -0.0776. The minimum atomic E-state index is -4.22. The quantitative estimate of drug-likeness (QED) is 0.152. The molecule has 0 bridgehead atoms. The maximum atomic E-state index is 12.5. The number of hydrogen-bond donors (Lipinski definition) is 2. The molecular formula is C21H26N3NaO8S2. The molecule has 2 aliphatic rings. The Morgan fingerprint density at radius 1 is 1.31 bits per heavy atom. The number of allylic oxidation sites excluding steroid dienone is 2. The number of methoxy groups -OCH3 is 2. The molecule has 0 aromatic heterocycles. The zero-order chi connectivity index (χ0) is 25.0. The van der Waals surface area contributed by atoms with Gasteiger partial charge in [0.15, 0.2) is 16.7 Å². The van der Waals surface area contributed by atoms with Crippen LogP contribution in [0.25, 0.3) is 0 Å². The van der Waals surface area contributed by atoms with Crippen LogP contribution in [-0.2, 0) is 35.6 Å². The van der Waals surface area contributed by atoms with Gasteiger partial charge < -0.3 is 24.4 Å². The van der Waals surface area contributed by atoms with Gasteiger partial charge in [0.25, 0.3) is 16.0 Å². The summed E-state index contributed by atoms with van der Waals surface area (Å²) in [6, 6.07) is 5.36. The van der Waals surface area contributed by atoms with E-state index in [2.05, 4.69) is 10.1 Å². The van der Waals surface area contributed by atoms with Crippen LogP contribution in [0, 0.1) is 0 Å². The number of rotatable bonds is 9. The molecule has 1 aromatic carbocycles. The number of ether oxygens (including phenoxy) is 3. The van der Waals surface area contributed by atoms with E-state index < -0.39 is 21.3 Å². The van der Waals surface area contributed by atoms with Crippen molar-refractivity contribution < 1.29 is 36.8 Å². The number of aryl methyl sites for hydroxylation is 1. The number of nitrogens with zero attached hydrogens (tertiary/aromatic N) is 2. The van der Waals surface area contributed by atoms with Gasteiger partial charge in [-0.15, -0.1) is 0 Å².